The molecule has 0 aromatic heterocycles. The average Bonchev–Trinajstić information content (AvgIpc) is 2.81. The monoisotopic (exact) mass is 525 g/mol. The first-order chi connectivity index (χ1) is 15.9. The van der Waals surface area contributed by atoms with Crippen molar-refractivity contribution in [2.24, 2.45) is 0 Å². The van der Waals surface area contributed by atoms with E-state index in [1.165, 1.54) is 0 Å². The second kappa shape index (κ2) is 11.6. The summed E-state index contributed by atoms with van der Waals surface area (Å²) in [4.78, 5) is 25.0. The van der Waals surface area contributed by atoms with E-state index in [-0.39, 0.29) is 23.0 Å². The van der Waals surface area contributed by atoms with Gasteiger partial charge in [0.25, 0.3) is 11.8 Å². The van der Waals surface area contributed by atoms with E-state index in [9.17, 15) is 9.59 Å². The summed E-state index contributed by atoms with van der Waals surface area (Å²) in [6.07, 6.45) is 0. The van der Waals surface area contributed by atoms with Gasteiger partial charge >= 0.3 is 0 Å². The van der Waals surface area contributed by atoms with Crippen LogP contribution in [0, 0.1) is 0 Å². The standard InChI is InChI=1S/C25H24BrN3O3S/c1-3-32-22-14-11-19(15-21(22)26)24(31)29-25(33)28-20-12-9-18(10-13-20)23(30)27-16(2)17-7-5-4-6-8-17/h4-16H,3H2,1-2H3,(H,27,30)(H2,28,29,31,33). The zero-order valence-electron chi connectivity index (χ0n) is 18.2. The lowest BCUT2D eigenvalue weighted by Crippen LogP contribution is -2.34. The van der Waals surface area contributed by atoms with E-state index in [4.69, 9.17) is 17.0 Å². The van der Waals surface area contributed by atoms with Crippen LogP contribution in [0.5, 0.6) is 5.75 Å². The van der Waals surface area contributed by atoms with Crippen LogP contribution in [0.3, 0.4) is 0 Å². The molecular weight excluding hydrogens is 502 g/mol. The van der Waals surface area contributed by atoms with Crippen LogP contribution in [0.4, 0.5) is 5.69 Å². The van der Waals surface area contributed by atoms with Crippen molar-refractivity contribution in [3.8, 4) is 5.75 Å². The maximum atomic E-state index is 12.5. The van der Waals surface area contributed by atoms with Gasteiger partial charge in [-0.3, -0.25) is 14.9 Å². The summed E-state index contributed by atoms with van der Waals surface area (Å²) in [5.41, 5.74) is 2.65. The van der Waals surface area contributed by atoms with Gasteiger partial charge in [-0.25, -0.2) is 0 Å². The summed E-state index contributed by atoms with van der Waals surface area (Å²) in [5, 5.41) is 8.73. The fraction of sp³-hybridized carbons (Fsp3) is 0.160. The van der Waals surface area contributed by atoms with E-state index in [0.29, 0.717) is 33.6 Å². The Labute approximate surface area is 206 Å². The van der Waals surface area contributed by atoms with Crippen LogP contribution in [-0.4, -0.2) is 23.5 Å². The number of thiocarbonyl (C=S) groups is 1. The molecule has 0 aliphatic heterocycles. The van der Waals surface area contributed by atoms with Crippen molar-refractivity contribution in [1.29, 1.82) is 0 Å². The molecular formula is C25H24BrN3O3S. The van der Waals surface area contributed by atoms with E-state index in [1.807, 2.05) is 44.2 Å². The van der Waals surface area contributed by atoms with Gasteiger partial charge in [-0.15, -0.1) is 0 Å². The fourth-order valence-electron chi connectivity index (χ4n) is 3.06. The van der Waals surface area contributed by atoms with E-state index in [2.05, 4.69) is 31.9 Å². The second-order valence-electron chi connectivity index (χ2n) is 7.17. The van der Waals surface area contributed by atoms with Gasteiger partial charge in [0.1, 0.15) is 5.75 Å². The predicted molar refractivity (Wildman–Crippen MR) is 138 cm³/mol. The van der Waals surface area contributed by atoms with Gasteiger partial charge in [0.15, 0.2) is 5.11 Å². The molecule has 2 amide bonds. The van der Waals surface area contributed by atoms with E-state index < -0.39 is 0 Å². The smallest absolute Gasteiger partial charge is 0.257 e. The highest BCUT2D eigenvalue weighted by atomic mass is 79.9. The Hall–Kier alpha value is -3.23. The van der Waals surface area contributed by atoms with Crippen LogP contribution in [0.2, 0.25) is 0 Å². The number of anilines is 1. The van der Waals surface area contributed by atoms with Crippen molar-refractivity contribution in [3.05, 3.63) is 94.0 Å². The van der Waals surface area contributed by atoms with E-state index in [1.54, 1.807) is 42.5 Å². The molecule has 1 unspecified atom stereocenters. The topological polar surface area (TPSA) is 79.5 Å². The van der Waals surface area contributed by atoms with E-state index in [0.717, 1.165) is 5.56 Å². The zero-order valence-corrected chi connectivity index (χ0v) is 20.6. The molecule has 0 fully saturated rings. The van der Waals surface area contributed by atoms with Crippen molar-refractivity contribution in [3.63, 3.8) is 0 Å². The Morgan fingerprint density at radius 1 is 0.970 bits per heavy atom. The number of carbonyl (C=O) groups is 2. The molecule has 1 atom stereocenters. The van der Waals surface area contributed by atoms with Gasteiger partial charge < -0.3 is 15.4 Å². The van der Waals surface area contributed by atoms with Crippen molar-refractivity contribution in [2.75, 3.05) is 11.9 Å². The highest BCUT2D eigenvalue weighted by Crippen LogP contribution is 2.26. The molecule has 3 aromatic carbocycles. The molecule has 0 saturated heterocycles. The van der Waals surface area contributed by atoms with Gasteiger partial charge in [0.05, 0.1) is 17.1 Å². The number of hydrogen-bond donors (Lipinski definition) is 3. The number of rotatable bonds is 7. The average molecular weight is 526 g/mol. The summed E-state index contributed by atoms with van der Waals surface area (Å²) in [6.45, 7) is 4.36. The van der Waals surface area contributed by atoms with E-state index >= 15 is 0 Å². The minimum Gasteiger partial charge on any atom is -0.493 e. The van der Waals surface area contributed by atoms with Crippen LogP contribution in [0.15, 0.2) is 77.3 Å². The minimum absolute atomic E-state index is 0.109. The van der Waals surface area contributed by atoms with Crippen LogP contribution >= 0.6 is 28.1 Å². The van der Waals surface area contributed by atoms with Crippen molar-refractivity contribution >= 4 is 50.8 Å². The Bertz CT molecular complexity index is 1140. The maximum Gasteiger partial charge on any atom is 0.257 e. The van der Waals surface area contributed by atoms with Crippen LogP contribution < -0.4 is 20.7 Å². The number of ether oxygens (including phenoxy) is 1. The molecule has 0 saturated carbocycles. The largest absolute Gasteiger partial charge is 0.493 e. The summed E-state index contributed by atoms with van der Waals surface area (Å²) in [7, 11) is 0. The first-order valence-electron chi connectivity index (χ1n) is 10.4. The predicted octanol–water partition coefficient (Wildman–Crippen LogP) is 5.47. The molecule has 33 heavy (non-hydrogen) atoms. The Morgan fingerprint density at radius 2 is 1.64 bits per heavy atom. The second-order valence-corrected chi connectivity index (χ2v) is 8.43. The highest BCUT2D eigenvalue weighted by Gasteiger charge is 2.13. The normalized spacial score (nSPS) is 11.2. The molecule has 3 rings (SSSR count). The van der Waals surface area contributed by atoms with Crippen molar-refractivity contribution in [2.45, 2.75) is 19.9 Å². The van der Waals surface area contributed by atoms with Gasteiger partial charge in [-0.1, -0.05) is 30.3 Å². The molecule has 0 bridgehead atoms. The number of carbonyl (C=O) groups excluding carboxylic acids is 2. The Kier molecular flexibility index (Phi) is 8.57. The molecule has 3 N–H and O–H groups in total. The summed E-state index contributed by atoms with van der Waals surface area (Å²) < 4.78 is 6.14. The molecule has 170 valence electrons. The highest BCUT2D eigenvalue weighted by molar-refractivity contribution is 9.10. The maximum absolute atomic E-state index is 12.5. The fourth-order valence-corrected chi connectivity index (χ4v) is 3.77. The zero-order chi connectivity index (χ0) is 23.8. The van der Waals surface area contributed by atoms with Crippen molar-refractivity contribution in [1.82, 2.24) is 10.6 Å². The molecule has 3 aromatic rings. The van der Waals surface area contributed by atoms with Crippen LogP contribution in [0.25, 0.3) is 0 Å². The lowest BCUT2D eigenvalue weighted by molar-refractivity contribution is 0.0938. The minimum atomic E-state index is -0.345. The summed E-state index contributed by atoms with van der Waals surface area (Å²) in [5.74, 6) is 0.147. The van der Waals surface area contributed by atoms with Gasteiger partial charge in [0.2, 0.25) is 0 Å². The molecule has 0 aliphatic rings. The third-order valence-corrected chi connectivity index (χ3v) is 5.60. The molecule has 8 heteroatoms. The van der Waals surface area contributed by atoms with Crippen LogP contribution in [-0.2, 0) is 0 Å². The first kappa shape index (κ1) is 24.4. The quantitative estimate of drug-likeness (QED) is 0.356. The summed E-state index contributed by atoms with van der Waals surface area (Å²) >= 11 is 8.65. The molecule has 0 aliphatic carbocycles. The van der Waals surface area contributed by atoms with Gasteiger partial charge in [-0.05, 0) is 90.0 Å². The molecule has 0 spiro atoms. The van der Waals surface area contributed by atoms with Gasteiger partial charge in [0, 0.05) is 16.8 Å². The first-order valence-corrected chi connectivity index (χ1v) is 11.6. The number of amides is 2. The number of benzene rings is 3. The van der Waals surface area contributed by atoms with Crippen molar-refractivity contribution < 1.29 is 14.3 Å². The molecule has 6 nitrogen and oxygen atoms in total. The Morgan fingerprint density at radius 3 is 2.27 bits per heavy atom. The SMILES string of the molecule is CCOc1ccc(C(=O)NC(=S)Nc2ccc(C(=O)NC(C)c3ccccc3)cc2)cc1Br. The third-order valence-electron chi connectivity index (χ3n) is 4.77. The molecule has 0 heterocycles. The lowest BCUT2D eigenvalue weighted by atomic mass is 10.1. The number of hydrogen-bond acceptors (Lipinski definition) is 4. The summed E-state index contributed by atoms with van der Waals surface area (Å²) in [6, 6.07) is 21.6. The Balaban J connectivity index is 1.55. The van der Waals surface area contributed by atoms with Crippen LogP contribution in [0.1, 0.15) is 46.2 Å². The lowest BCUT2D eigenvalue weighted by Gasteiger charge is -2.15. The number of nitrogens with one attached hydrogen (secondary N) is 3. The third kappa shape index (κ3) is 6.87. The van der Waals surface area contributed by atoms with Gasteiger partial charge in [-0.2, -0.15) is 0 Å². The molecule has 0 radical (unpaired) electrons. The number of halogens is 1.